The molecule has 2 amide bonds. The molecule has 2 aliphatic rings. The zero-order valence-electron chi connectivity index (χ0n) is 11.1. The number of carbonyl (C=O) groups is 1. The molecule has 1 aliphatic carbocycles. The van der Waals surface area contributed by atoms with E-state index in [0.717, 1.165) is 32.2 Å². The number of hydrogen-bond acceptors (Lipinski definition) is 2. The molecule has 1 saturated carbocycles. The average molecular weight is 237 g/mol. The molecule has 2 N–H and O–H groups in total. The molecular weight excluding hydrogens is 214 g/mol. The first kappa shape index (κ1) is 12.4. The predicted molar refractivity (Wildman–Crippen MR) is 68.9 cm³/mol. The SMILES string of the molecule is CCC1CCCC12C(N)=NC(=O)N2CC(C)C. The molecule has 0 bridgehead atoms. The first-order valence-electron chi connectivity index (χ1n) is 6.68. The minimum atomic E-state index is -0.254. The van der Waals surface area contributed by atoms with Gasteiger partial charge in [-0.2, -0.15) is 4.99 Å². The third-order valence-electron chi connectivity index (χ3n) is 4.20. The Bertz CT molecular complexity index is 351. The highest BCUT2D eigenvalue weighted by Crippen LogP contribution is 2.45. The van der Waals surface area contributed by atoms with Gasteiger partial charge in [-0.15, -0.1) is 0 Å². The molecule has 0 aromatic rings. The number of rotatable bonds is 3. The molecule has 1 aliphatic heterocycles. The number of nitrogens with two attached hydrogens (primary N) is 1. The lowest BCUT2D eigenvalue weighted by Gasteiger charge is -2.40. The molecule has 1 heterocycles. The molecule has 1 spiro atoms. The van der Waals surface area contributed by atoms with Crippen LogP contribution < -0.4 is 5.73 Å². The van der Waals surface area contributed by atoms with Gasteiger partial charge < -0.3 is 10.6 Å². The summed E-state index contributed by atoms with van der Waals surface area (Å²) in [5.74, 6) is 1.50. The van der Waals surface area contributed by atoms with Crippen LogP contribution >= 0.6 is 0 Å². The van der Waals surface area contributed by atoms with Gasteiger partial charge >= 0.3 is 6.03 Å². The Kier molecular flexibility index (Phi) is 3.15. The van der Waals surface area contributed by atoms with Crippen LogP contribution in [-0.4, -0.2) is 28.9 Å². The maximum Gasteiger partial charge on any atom is 0.346 e. The fourth-order valence-corrected chi connectivity index (χ4v) is 3.47. The van der Waals surface area contributed by atoms with E-state index in [1.165, 1.54) is 0 Å². The van der Waals surface area contributed by atoms with E-state index in [1.807, 2.05) is 4.90 Å². The van der Waals surface area contributed by atoms with Gasteiger partial charge in [-0.05, 0) is 24.7 Å². The smallest absolute Gasteiger partial charge is 0.346 e. The lowest BCUT2D eigenvalue weighted by atomic mass is 9.82. The molecule has 1 fully saturated rings. The van der Waals surface area contributed by atoms with E-state index in [-0.39, 0.29) is 11.6 Å². The van der Waals surface area contributed by atoms with Crippen LogP contribution in [0.3, 0.4) is 0 Å². The summed E-state index contributed by atoms with van der Waals surface area (Å²) < 4.78 is 0. The summed E-state index contributed by atoms with van der Waals surface area (Å²) in [6.07, 6.45) is 4.36. The van der Waals surface area contributed by atoms with Gasteiger partial charge in [0.15, 0.2) is 0 Å². The highest BCUT2D eigenvalue weighted by atomic mass is 16.2. The second-order valence-electron chi connectivity index (χ2n) is 5.71. The molecule has 96 valence electrons. The molecule has 2 rings (SSSR count). The second-order valence-corrected chi connectivity index (χ2v) is 5.71. The molecule has 2 atom stereocenters. The van der Waals surface area contributed by atoms with Crippen molar-refractivity contribution in [3.63, 3.8) is 0 Å². The normalized spacial score (nSPS) is 32.9. The van der Waals surface area contributed by atoms with Crippen LogP contribution in [-0.2, 0) is 0 Å². The number of nitrogens with zero attached hydrogens (tertiary/aromatic N) is 2. The number of amidine groups is 1. The summed E-state index contributed by atoms with van der Waals surface area (Å²) >= 11 is 0. The van der Waals surface area contributed by atoms with Gasteiger partial charge in [0, 0.05) is 6.54 Å². The van der Waals surface area contributed by atoms with E-state index in [9.17, 15) is 4.79 Å². The third-order valence-corrected chi connectivity index (χ3v) is 4.20. The van der Waals surface area contributed by atoms with Gasteiger partial charge in [-0.25, -0.2) is 4.79 Å². The molecule has 0 aromatic carbocycles. The van der Waals surface area contributed by atoms with Crippen LogP contribution in [0.25, 0.3) is 0 Å². The van der Waals surface area contributed by atoms with Gasteiger partial charge in [0.2, 0.25) is 0 Å². The van der Waals surface area contributed by atoms with Crippen molar-refractivity contribution >= 4 is 11.9 Å². The van der Waals surface area contributed by atoms with Crippen LogP contribution in [0.2, 0.25) is 0 Å². The molecule has 4 heteroatoms. The summed E-state index contributed by atoms with van der Waals surface area (Å²) in [6.45, 7) is 7.21. The first-order valence-corrected chi connectivity index (χ1v) is 6.68. The summed E-state index contributed by atoms with van der Waals surface area (Å²) in [5, 5.41) is 0. The fraction of sp³-hybridized carbons (Fsp3) is 0.846. The van der Waals surface area contributed by atoms with Crippen LogP contribution in [0, 0.1) is 11.8 Å². The summed E-state index contributed by atoms with van der Waals surface area (Å²) in [7, 11) is 0. The predicted octanol–water partition coefficient (Wildman–Crippen LogP) is 2.38. The van der Waals surface area contributed by atoms with Gasteiger partial charge in [0.1, 0.15) is 11.4 Å². The molecule has 0 aromatic heterocycles. The van der Waals surface area contributed by atoms with E-state index in [2.05, 4.69) is 25.8 Å². The van der Waals surface area contributed by atoms with Crippen molar-refractivity contribution < 1.29 is 4.79 Å². The molecule has 0 radical (unpaired) electrons. The Morgan fingerprint density at radius 1 is 1.59 bits per heavy atom. The van der Waals surface area contributed by atoms with Crippen molar-refractivity contribution in [1.82, 2.24) is 4.90 Å². The fourth-order valence-electron chi connectivity index (χ4n) is 3.47. The van der Waals surface area contributed by atoms with Crippen LogP contribution in [0.15, 0.2) is 4.99 Å². The van der Waals surface area contributed by atoms with Gasteiger partial charge in [0.25, 0.3) is 0 Å². The summed E-state index contributed by atoms with van der Waals surface area (Å²) in [5.41, 5.74) is 5.83. The number of amides is 2. The van der Waals surface area contributed by atoms with Gasteiger partial charge in [-0.1, -0.05) is 33.6 Å². The maximum absolute atomic E-state index is 12.0. The van der Waals surface area contributed by atoms with E-state index < -0.39 is 0 Å². The maximum atomic E-state index is 12.0. The second kappa shape index (κ2) is 4.31. The Labute approximate surface area is 103 Å². The molecule has 4 nitrogen and oxygen atoms in total. The van der Waals surface area contributed by atoms with Crippen molar-refractivity contribution in [1.29, 1.82) is 0 Å². The van der Waals surface area contributed by atoms with E-state index in [4.69, 9.17) is 5.73 Å². The van der Waals surface area contributed by atoms with Crippen molar-refractivity contribution in [2.45, 2.75) is 52.0 Å². The van der Waals surface area contributed by atoms with E-state index in [0.29, 0.717) is 17.7 Å². The Hall–Kier alpha value is -1.06. The third kappa shape index (κ3) is 1.74. The van der Waals surface area contributed by atoms with Crippen LogP contribution in [0.1, 0.15) is 46.5 Å². The average Bonchev–Trinajstić information content (AvgIpc) is 2.77. The Morgan fingerprint density at radius 2 is 2.29 bits per heavy atom. The first-order chi connectivity index (χ1) is 8.02. The summed E-state index contributed by atoms with van der Waals surface area (Å²) in [6, 6.07) is -0.128. The minimum absolute atomic E-state index is 0.128. The van der Waals surface area contributed by atoms with Crippen molar-refractivity contribution in [3.05, 3.63) is 0 Å². The number of hydrogen-bond donors (Lipinski definition) is 1. The van der Waals surface area contributed by atoms with Gasteiger partial charge in [-0.3, -0.25) is 0 Å². The molecule has 2 unspecified atom stereocenters. The lowest BCUT2D eigenvalue weighted by Crippen LogP contribution is -2.57. The standard InChI is InChI=1S/C13H23N3O/c1-4-10-6-5-7-13(10)11(14)15-12(17)16(13)8-9(2)3/h9-10H,4-8H2,1-3H3,(H2,14,15,17). The number of urea groups is 1. The van der Waals surface area contributed by atoms with Crippen molar-refractivity contribution in [2.75, 3.05) is 6.54 Å². The van der Waals surface area contributed by atoms with Crippen LogP contribution in [0.4, 0.5) is 4.79 Å². The quantitative estimate of drug-likeness (QED) is 0.819. The monoisotopic (exact) mass is 237 g/mol. The van der Waals surface area contributed by atoms with E-state index >= 15 is 0 Å². The largest absolute Gasteiger partial charge is 0.385 e. The Balaban J connectivity index is 2.34. The highest BCUT2D eigenvalue weighted by Gasteiger charge is 2.55. The summed E-state index contributed by atoms with van der Waals surface area (Å²) in [4.78, 5) is 18.0. The topological polar surface area (TPSA) is 58.7 Å². The van der Waals surface area contributed by atoms with E-state index in [1.54, 1.807) is 0 Å². The zero-order chi connectivity index (χ0) is 12.6. The van der Waals surface area contributed by atoms with Crippen LogP contribution in [0.5, 0.6) is 0 Å². The van der Waals surface area contributed by atoms with Gasteiger partial charge in [0.05, 0.1) is 0 Å². The highest BCUT2D eigenvalue weighted by molar-refractivity contribution is 6.06. The van der Waals surface area contributed by atoms with Crippen molar-refractivity contribution in [3.8, 4) is 0 Å². The zero-order valence-corrected chi connectivity index (χ0v) is 11.1. The molecule has 17 heavy (non-hydrogen) atoms. The number of aliphatic imine (C=N–C) groups is 1. The molecular formula is C13H23N3O. The van der Waals surface area contributed by atoms with Crippen molar-refractivity contribution in [2.24, 2.45) is 22.6 Å². The number of carbonyl (C=O) groups excluding carboxylic acids is 1. The Morgan fingerprint density at radius 3 is 2.88 bits per heavy atom. The lowest BCUT2D eigenvalue weighted by molar-refractivity contribution is 0.133. The minimum Gasteiger partial charge on any atom is -0.385 e. The molecule has 0 saturated heterocycles.